The predicted molar refractivity (Wildman–Crippen MR) is 52.4 cm³/mol. The van der Waals surface area contributed by atoms with Crippen LogP contribution in [0.4, 0.5) is 4.79 Å². The van der Waals surface area contributed by atoms with Crippen LogP contribution in [0, 0.1) is 0 Å². The molecule has 0 aliphatic heterocycles. The molecule has 0 radical (unpaired) electrons. The fraction of sp³-hybridized carbons (Fsp3) is 0.857. The highest BCUT2D eigenvalue weighted by atomic mass is 28.3. The van der Waals surface area contributed by atoms with E-state index in [1.807, 2.05) is 0 Å². The maximum Gasteiger partial charge on any atom is 0.309 e. The molecule has 0 aliphatic rings. The normalized spacial score (nSPS) is 8.73. The SMILES string of the molecule is CCCC[SiH](C)C.NC(N)=O. The summed E-state index contributed by atoms with van der Waals surface area (Å²) in [5.41, 5.74) is 8.50. The van der Waals surface area contributed by atoms with Gasteiger partial charge in [-0.1, -0.05) is 38.9 Å². The molecule has 4 heteroatoms. The average molecular weight is 176 g/mol. The molecule has 0 saturated carbocycles. The second-order valence-corrected chi connectivity index (χ2v) is 6.30. The molecule has 0 aliphatic carbocycles. The first-order valence-electron chi connectivity index (χ1n) is 4.05. The molecule has 4 N–H and O–H groups in total. The molecule has 0 saturated heterocycles. The lowest BCUT2D eigenvalue weighted by Gasteiger charge is -1.97. The Morgan fingerprint density at radius 2 is 1.73 bits per heavy atom. The van der Waals surface area contributed by atoms with Gasteiger partial charge in [-0.15, -0.1) is 0 Å². The summed E-state index contributed by atoms with van der Waals surface area (Å²) in [6, 6.07) is 0.705. The molecule has 0 atom stereocenters. The van der Waals surface area contributed by atoms with Gasteiger partial charge in [0.15, 0.2) is 0 Å². The smallest absolute Gasteiger partial charge is 0.309 e. The minimum Gasteiger partial charge on any atom is -0.352 e. The molecule has 0 aromatic rings. The lowest BCUT2D eigenvalue weighted by Crippen LogP contribution is -2.18. The minimum atomic E-state index is -0.833. The van der Waals surface area contributed by atoms with Gasteiger partial charge in [-0.05, 0) is 0 Å². The zero-order valence-electron chi connectivity index (χ0n) is 7.76. The number of hydrogen-bond acceptors (Lipinski definition) is 1. The Balaban J connectivity index is 0. The number of rotatable bonds is 3. The minimum absolute atomic E-state index is 0.188. The van der Waals surface area contributed by atoms with Crippen molar-refractivity contribution in [2.45, 2.75) is 38.9 Å². The number of amides is 2. The van der Waals surface area contributed by atoms with E-state index in [1.54, 1.807) is 0 Å². The van der Waals surface area contributed by atoms with Gasteiger partial charge in [-0.3, -0.25) is 0 Å². The Hall–Kier alpha value is -0.513. The van der Waals surface area contributed by atoms with Crippen LogP contribution in [0.1, 0.15) is 19.8 Å². The van der Waals surface area contributed by atoms with E-state index >= 15 is 0 Å². The van der Waals surface area contributed by atoms with Crippen LogP contribution >= 0.6 is 0 Å². The van der Waals surface area contributed by atoms with Gasteiger partial charge in [-0.25, -0.2) is 4.79 Å². The van der Waals surface area contributed by atoms with Gasteiger partial charge in [0.25, 0.3) is 0 Å². The van der Waals surface area contributed by atoms with Crippen molar-refractivity contribution in [1.29, 1.82) is 0 Å². The number of hydrogen-bond donors (Lipinski definition) is 2. The van der Waals surface area contributed by atoms with E-state index in [2.05, 4.69) is 31.5 Å². The highest BCUT2D eigenvalue weighted by molar-refractivity contribution is 6.55. The average Bonchev–Trinajstić information content (AvgIpc) is 1.82. The first-order chi connectivity index (χ1) is 5.00. The van der Waals surface area contributed by atoms with E-state index in [0.717, 1.165) is 0 Å². The molecule has 0 spiro atoms. The lowest BCUT2D eigenvalue weighted by atomic mass is 10.4. The zero-order valence-corrected chi connectivity index (χ0v) is 8.92. The Labute approximate surface area is 70.8 Å². The van der Waals surface area contributed by atoms with Crippen LogP contribution in [0.2, 0.25) is 19.1 Å². The third-order valence-electron chi connectivity index (χ3n) is 1.14. The van der Waals surface area contributed by atoms with Crippen molar-refractivity contribution in [1.82, 2.24) is 0 Å². The molecule has 0 aromatic heterocycles. The number of carbonyl (C=O) groups is 1. The summed E-state index contributed by atoms with van der Waals surface area (Å²) in [5.74, 6) is 0. The Morgan fingerprint density at radius 3 is 1.82 bits per heavy atom. The molecule has 0 aromatic carbocycles. The quantitative estimate of drug-likeness (QED) is 0.625. The van der Waals surface area contributed by atoms with E-state index < -0.39 is 6.03 Å². The van der Waals surface area contributed by atoms with Gasteiger partial charge >= 0.3 is 6.03 Å². The molecular formula is C7H20N2OSi. The Morgan fingerprint density at radius 1 is 1.36 bits per heavy atom. The van der Waals surface area contributed by atoms with Crippen LogP contribution in [0.25, 0.3) is 0 Å². The summed E-state index contributed by atoms with van der Waals surface area (Å²) >= 11 is 0. The summed E-state index contributed by atoms with van der Waals surface area (Å²) in [5, 5.41) is 0. The lowest BCUT2D eigenvalue weighted by molar-refractivity contribution is 0.256. The van der Waals surface area contributed by atoms with Crippen LogP contribution in [0.3, 0.4) is 0 Å². The van der Waals surface area contributed by atoms with Crippen molar-refractivity contribution in [3.63, 3.8) is 0 Å². The summed E-state index contributed by atoms with van der Waals surface area (Å²) < 4.78 is 0. The molecule has 3 nitrogen and oxygen atoms in total. The summed E-state index contributed by atoms with van der Waals surface area (Å²) in [6.45, 7) is 7.09. The monoisotopic (exact) mass is 176 g/mol. The van der Waals surface area contributed by atoms with Gasteiger partial charge in [0.05, 0.1) is 0 Å². The van der Waals surface area contributed by atoms with E-state index in [0.29, 0.717) is 0 Å². The maximum absolute atomic E-state index is 9.00. The molecule has 0 fully saturated rings. The van der Waals surface area contributed by atoms with Crippen molar-refractivity contribution in [2.75, 3.05) is 0 Å². The number of nitrogens with two attached hydrogens (primary N) is 2. The highest BCUT2D eigenvalue weighted by Gasteiger charge is 1.90. The maximum atomic E-state index is 9.00. The van der Waals surface area contributed by atoms with Crippen LogP contribution in [-0.2, 0) is 0 Å². The third kappa shape index (κ3) is 43.7. The molecule has 0 unspecified atom stereocenters. The molecular weight excluding hydrogens is 156 g/mol. The van der Waals surface area contributed by atoms with Crippen LogP contribution in [0.15, 0.2) is 0 Å². The molecule has 68 valence electrons. The number of carbonyl (C=O) groups excluding carboxylic acids is 1. The van der Waals surface area contributed by atoms with Gasteiger partial charge in [0.1, 0.15) is 0 Å². The van der Waals surface area contributed by atoms with Crippen molar-refractivity contribution < 1.29 is 4.79 Å². The van der Waals surface area contributed by atoms with E-state index in [-0.39, 0.29) is 8.80 Å². The molecule has 2 amide bonds. The van der Waals surface area contributed by atoms with Crippen LogP contribution < -0.4 is 11.5 Å². The summed E-state index contributed by atoms with van der Waals surface area (Å²) in [6.07, 6.45) is 2.84. The number of urea groups is 1. The topological polar surface area (TPSA) is 69.1 Å². The molecule has 0 rings (SSSR count). The Bertz CT molecular complexity index is 92.4. The van der Waals surface area contributed by atoms with E-state index in [9.17, 15) is 0 Å². The fourth-order valence-electron chi connectivity index (χ4n) is 0.612. The largest absolute Gasteiger partial charge is 0.352 e. The second kappa shape index (κ2) is 9.49. The van der Waals surface area contributed by atoms with Crippen molar-refractivity contribution in [2.24, 2.45) is 11.5 Å². The number of primary amides is 2. The standard InChI is InChI=1S/C6H16Si.CH4N2O/c1-4-5-6-7(2)3;2-1(3)4/h7H,4-6H2,1-3H3;(H4,2,3,4). The number of unbranched alkanes of at least 4 members (excludes halogenated alkanes) is 1. The van der Waals surface area contributed by atoms with Crippen LogP contribution in [-0.4, -0.2) is 14.8 Å². The van der Waals surface area contributed by atoms with Gasteiger partial charge in [-0.2, -0.15) is 0 Å². The molecule has 0 bridgehead atoms. The first-order valence-corrected chi connectivity index (χ1v) is 7.18. The van der Waals surface area contributed by atoms with Gasteiger partial charge < -0.3 is 11.5 Å². The van der Waals surface area contributed by atoms with Crippen molar-refractivity contribution in [3.05, 3.63) is 0 Å². The molecule has 0 heterocycles. The fourth-order valence-corrected chi connectivity index (χ4v) is 1.84. The Kier molecular flexibility index (Phi) is 11.3. The molecule has 11 heavy (non-hydrogen) atoms. The van der Waals surface area contributed by atoms with Crippen molar-refractivity contribution in [3.8, 4) is 0 Å². The van der Waals surface area contributed by atoms with E-state index in [1.165, 1.54) is 18.9 Å². The van der Waals surface area contributed by atoms with Gasteiger partial charge in [0.2, 0.25) is 0 Å². The highest BCUT2D eigenvalue weighted by Crippen LogP contribution is 1.98. The second-order valence-electron chi connectivity index (χ2n) is 2.94. The zero-order chi connectivity index (χ0) is 9.28. The van der Waals surface area contributed by atoms with Crippen LogP contribution in [0.5, 0.6) is 0 Å². The third-order valence-corrected chi connectivity index (χ3v) is 2.70. The van der Waals surface area contributed by atoms with E-state index in [4.69, 9.17) is 4.79 Å². The first kappa shape index (κ1) is 13.1. The van der Waals surface area contributed by atoms with Crippen molar-refractivity contribution >= 4 is 14.8 Å². The summed E-state index contributed by atoms with van der Waals surface area (Å²) in [7, 11) is -0.188. The summed E-state index contributed by atoms with van der Waals surface area (Å²) in [4.78, 5) is 9.00. The van der Waals surface area contributed by atoms with Gasteiger partial charge in [0, 0.05) is 8.80 Å². The predicted octanol–water partition coefficient (Wildman–Crippen LogP) is 1.30.